The molecular weight excluding hydrogens is 317 g/mol. The molecule has 0 unspecified atom stereocenters. The fourth-order valence-corrected chi connectivity index (χ4v) is 3.03. The first kappa shape index (κ1) is 15.6. The van der Waals surface area contributed by atoms with Gasteiger partial charge < -0.3 is 0 Å². The minimum Gasteiger partial charge on any atom is -0.256 e. The van der Waals surface area contributed by atoms with Gasteiger partial charge in [0.05, 0.1) is 16.9 Å². The van der Waals surface area contributed by atoms with E-state index in [0.717, 1.165) is 51.4 Å². The second-order valence-corrected chi connectivity index (χ2v) is 6.35. The van der Waals surface area contributed by atoms with Crippen LogP contribution in [0.4, 0.5) is 4.39 Å². The third-order valence-electron chi connectivity index (χ3n) is 4.36. The Morgan fingerprint density at radius 2 is 1.88 bits per heavy atom. The summed E-state index contributed by atoms with van der Waals surface area (Å²) in [4.78, 5) is 13.6. The summed E-state index contributed by atoms with van der Waals surface area (Å²) in [6.45, 7) is 5.77. The quantitative estimate of drug-likeness (QED) is 0.575. The standard InChI is InChI=1S/C19H18FN5/c1-11-8-15(20)9-14-4-5-16(22-18(11)14)6-7-17-23-19-13(3)21-10-12(2)25(19)24-17/h4-5,8-10H,6-7H2,1-3H3. The first-order chi connectivity index (χ1) is 12.0. The van der Waals surface area contributed by atoms with E-state index in [1.807, 2.05) is 37.4 Å². The molecule has 0 atom stereocenters. The molecular formula is C19H18FN5. The Bertz CT molecular complexity index is 1060. The number of hydrogen-bond acceptors (Lipinski definition) is 4. The van der Waals surface area contributed by atoms with Gasteiger partial charge in [0, 0.05) is 23.7 Å². The highest BCUT2D eigenvalue weighted by molar-refractivity contribution is 5.81. The molecule has 0 saturated carbocycles. The molecule has 0 bridgehead atoms. The highest BCUT2D eigenvalue weighted by Gasteiger charge is 2.10. The molecule has 3 heterocycles. The predicted octanol–water partition coefficient (Wildman–Crippen LogP) is 3.52. The second-order valence-electron chi connectivity index (χ2n) is 6.35. The molecule has 1 aromatic carbocycles. The smallest absolute Gasteiger partial charge is 0.177 e. The van der Waals surface area contributed by atoms with Gasteiger partial charge in [0.2, 0.25) is 0 Å². The van der Waals surface area contributed by atoms with Crippen molar-refractivity contribution in [1.29, 1.82) is 0 Å². The minimum atomic E-state index is -0.229. The Kier molecular flexibility index (Phi) is 3.67. The third-order valence-corrected chi connectivity index (χ3v) is 4.36. The molecule has 0 fully saturated rings. The maximum Gasteiger partial charge on any atom is 0.177 e. The topological polar surface area (TPSA) is 56.0 Å². The third kappa shape index (κ3) is 2.84. The Morgan fingerprint density at radius 1 is 1.04 bits per heavy atom. The van der Waals surface area contributed by atoms with E-state index in [0.29, 0.717) is 6.42 Å². The van der Waals surface area contributed by atoms with Crippen molar-refractivity contribution in [2.45, 2.75) is 33.6 Å². The van der Waals surface area contributed by atoms with Crippen LogP contribution in [0.15, 0.2) is 30.5 Å². The molecule has 4 aromatic rings. The SMILES string of the molecule is Cc1cc(F)cc2ccc(CCc3nc4c(C)ncc(C)n4n3)nc12. The van der Waals surface area contributed by atoms with Crippen molar-refractivity contribution in [3.05, 3.63) is 64.7 Å². The Labute approximate surface area is 144 Å². The number of fused-ring (bicyclic) bond motifs is 2. The average Bonchev–Trinajstić information content (AvgIpc) is 3.02. The lowest BCUT2D eigenvalue weighted by molar-refractivity contribution is 0.628. The van der Waals surface area contributed by atoms with E-state index in [-0.39, 0.29) is 5.82 Å². The fraction of sp³-hybridized carbons (Fsp3) is 0.263. The van der Waals surface area contributed by atoms with Crippen molar-refractivity contribution in [1.82, 2.24) is 24.6 Å². The number of aryl methyl sites for hydroxylation is 5. The molecule has 0 aliphatic heterocycles. The van der Waals surface area contributed by atoms with Crippen LogP contribution in [0.5, 0.6) is 0 Å². The van der Waals surface area contributed by atoms with Crippen molar-refractivity contribution >= 4 is 16.6 Å². The zero-order valence-corrected chi connectivity index (χ0v) is 14.4. The maximum atomic E-state index is 13.5. The molecule has 3 aromatic heterocycles. The summed E-state index contributed by atoms with van der Waals surface area (Å²) in [6.07, 6.45) is 3.22. The van der Waals surface area contributed by atoms with E-state index in [9.17, 15) is 4.39 Å². The summed E-state index contributed by atoms with van der Waals surface area (Å²) in [5.74, 6) is 0.546. The molecule has 126 valence electrons. The normalized spacial score (nSPS) is 11.5. The van der Waals surface area contributed by atoms with Gasteiger partial charge in [0.15, 0.2) is 11.5 Å². The first-order valence-corrected chi connectivity index (χ1v) is 8.25. The van der Waals surface area contributed by atoms with E-state index in [1.165, 1.54) is 12.1 Å². The summed E-state index contributed by atoms with van der Waals surface area (Å²) in [5.41, 5.74) is 5.27. The molecule has 0 aliphatic carbocycles. The first-order valence-electron chi connectivity index (χ1n) is 8.25. The van der Waals surface area contributed by atoms with Gasteiger partial charge in [-0.15, -0.1) is 0 Å². The molecule has 6 heteroatoms. The molecule has 0 N–H and O–H groups in total. The van der Waals surface area contributed by atoms with Crippen LogP contribution in [-0.4, -0.2) is 24.6 Å². The molecule has 25 heavy (non-hydrogen) atoms. The molecule has 0 aliphatic rings. The van der Waals surface area contributed by atoms with Gasteiger partial charge in [-0.1, -0.05) is 6.07 Å². The molecule has 5 nitrogen and oxygen atoms in total. The monoisotopic (exact) mass is 335 g/mol. The summed E-state index contributed by atoms with van der Waals surface area (Å²) < 4.78 is 15.3. The predicted molar refractivity (Wildman–Crippen MR) is 94.1 cm³/mol. The van der Waals surface area contributed by atoms with Crippen molar-refractivity contribution in [2.75, 3.05) is 0 Å². The van der Waals surface area contributed by atoms with Crippen LogP contribution in [-0.2, 0) is 12.8 Å². The summed E-state index contributed by atoms with van der Waals surface area (Å²) in [7, 11) is 0. The van der Waals surface area contributed by atoms with Crippen LogP contribution in [0, 0.1) is 26.6 Å². The Hall–Kier alpha value is -2.89. The zero-order valence-electron chi connectivity index (χ0n) is 14.4. The number of hydrogen-bond donors (Lipinski definition) is 0. The lowest BCUT2D eigenvalue weighted by atomic mass is 10.1. The van der Waals surface area contributed by atoms with Crippen LogP contribution >= 0.6 is 0 Å². The second kappa shape index (κ2) is 5.88. The number of halogens is 1. The van der Waals surface area contributed by atoms with Crippen LogP contribution in [0.2, 0.25) is 0 Å². The Balaban J connectivity index is 1.62. The molecule has 0 radical (unpaired) electrons. The molecule has 0 spiro atoms. The Morgan fingerprint density at radius 3 is 2.68 bits per heavy atom. The van der Waals surface area contributed by atoms with Crippen LogP contribution < -0.4 is 0 Å². The minimum absolute atomic E-state index is 0.229. The van der Waals surface area contributed by atoms with Gasteiger partial charge in [-0.3, -0.25) is 9.97 Å². The van der Waals surface area contributed by atoms with Gasteiger partial charge >= 0.3 is 0 Å². The van der Waals surface area contributed by atoms with Gasteiger partial charge in [0.25, 0.3) is 0 Å². The van der Waals surface area contributed by atoms with E-state index < -0.39 is 0 Å². The highest BCUT2D eigenvalue weighted by atomic mass is 19.1. The number of benzene rings is 1. The maximum absolute atomic E-state index is 13.5. The molecule has 4 rings (SSSR count). The van der Waals surface area contributed by atoms with Gasteiger partial charge in [-0.2, -0.15) is 5.10 Å². The van der Waals surface area contributed by atoms with E-state index in [1.54, 1.807) is 6.20 Å². The van der Waals surface area contributed by atoms with E-state index >= 15 is 0 Å². The number of aromatic nitrogens is 5. The van der Waals surface area contributed by atoms with E-state index in [2.05, 4.69) is 20.1 Å². The lowest BCUT2D eigenvalue weighted by Gasteiger charge is -2.05. The average molecular weight is 335 g/mol. The molecule has 0 saturated heterocycles. The van der Waals surface area contributed by atoms with Gasteiger partial charge in [-0.25, -0.2) is 13.9 Å². The van der Waals surface area contributed by atoms with Gasteiger partial charge in [0.1, 0.15) is 5.82 Å². The summed E-state index contributed by atoms with van der Waals surface area (Å²) >= 11 is 0. The highest BCUT2D eigenvalue weighted by Crippen LogP contribution is 2.19. The van der Waals surface area contributed by atoms with Crippen molar-refractivity contribution in [3.8, 4) is 0 Å². The van der Waals surface area contributed by atoms with E-state index in [4.69, 9.17) is 0 Å². The van der Waals surface area contributed by atoms with Crippen molar-refractivity contribution in [3.63, 3.8) is 0 Å². The number of pyridine rings is 1. The van der Waals surface area contributed by atoms with Crippen LogP contribution in [0.25, 0.3) is 16.6 Å². The lowest BCUT2D eigenvalue weighted by Crippen LogP contribution is -1.99. The van der Waals surface area contributed by atoms with Crippen molar-refractivity contribution in [2.24, 2.45) is 0 Å². The molecule has 0 amide bonds. The fourth-order valence-electron chi connectivity index (χ4n) is 3.03. The number of rotatable bonds is 3. The zero-order chi connectivity index (χ0) is 17.6. The summed E-state index contributed by atoms with van der Waals surface area (Å²) in [5, 5.41) is 5.39. The largest absolute Gasteiger partial charge is 0.256 e. The number of nitrogens with zero attached hydrogens (tertiary/aromatic N) is 5. The summed E-state index contributed by atoms with van der Waals surface area (Å²) in [6, 6.07) is 6.89. The van der Waals surface area contributed by atoms with Gasteiger partial charge in [-0.05, 0) is 51.0 Å². The van der Waals surface area contributed by atoms with Crippen LogP contribution in [0.3, 0.4) is 0 Å². The van der Waals surface area contributed by atoms with Crippen LogP contribution in [0.1, 0.15) is 28.5 Å². The van der Waals surface area contributed by atoms with Crippen molar-refractivity contribution < 1.29 is 4.39 Å².